The summed E-state index contributed by atoms with van der Waals surface area (Å²) < 4.78 is 5.00. The highest BCUT2D eigenvalue weighted by molar-refractivity contribution is 5.04. The van der Waals surface area contributed by atoms with Crippen LogP contribution in [-0.4, -0.2) is 17.8 Å². The molecule has 0 amide bonds. The fourth-order valence-electron chi connectivity index (χ4n) is 0.643. The van der Waals surface area contributed by atoms with E-state index in [2.05, 4.69) is 6.58 Å². The van der Waals surface area contributed by atoms with Crippen molar-refractivity contribution in [3.05, 3.63) is 24.5 Å². The zero-order valence-electron chi connectivity index (χ0n) is 7.21. The third kappa shape index (κ3) is 4.62. The molecule has 0 spiro atoms. The fourth-order valence-corrected chi connectivity index (χ4v) is 0.643. The minimum absolute atomic E-state index is 0.414. The van der Waals surface area contributed by atoms with E-state index in [1.165, 1.54) is 0 Å². The van der Waals surface area contributed by atoms with Crippen LogP contribution in [-0.2, 0) is 4.74 Å². The summed E-state index contributed by atoms with van der Waals surface area (Å²) in [4.78, 5) is 0. The molecule has 0 radical (unpaired) electrons. The van der Waals surface area contributed by atoms with Crippen molar-refractivity contribution < 1.29 is 9.84 Å². The Balaban J connectivity index is 3.72. The van der Waals surface area contributed by atoms with Crippen molar-refractivity contribution in [1.82, 2.24) is 0 Å². The quantitative estimate of drug-likeness (QED) is 0.486. The summed E-state index contributed by atoms with van der Waals surface area (Å²) in [6, 6.07) is 0. The second-order valence-corrected chi connectivity index (χ2v) is 2.18. The van der Waals surface area contributed by atoms with Crippen LogP contribution >= 0.6 is 0 Å². The van der Waals surface area contributed by atoms with Crippen LogP contribution in [0.25, 0.3) is 0 Å². The molecule has 0 aliphatic rings. The Hall–Kier alpha value is -0.760. The van der Waals surface area contributed by atoms with Crippen LogP contribution in [0.1, 0.15) is 20.3 Å². The molecule has 11 heavy (non-hydrogen) atoms. The van der Waals surface area contributed by atoms with Gasteiger partial charge in [0.25, 0.3) is 0 Å². The summed E-state index contributed by atoms with van der Waals surface area (Å²) in [7, 11) is 0. The van der Waals surface area contributed by atoms with Gasteiger partial charge in [0.2, 0.25) is 0 Å². The zero-order valence-corrected chi connectivity index (χ0v) is 7.21. The standard InChI is InChI=1S/C9H16O2/c1-4-6-7-9(10)8(3)11-5-2/h6-7,9-10H,3-5H2,1-2H3/b7-6+. The summed E-state index contributed by atoms with van der Waals surface area (Å²) in [6.07, 6.45) is 3.82. The van der Waals surface area contributed by atoms with E-state index < -0.39 is 6.10 Å². The summed E-state index contributed by atoms with van der Waals surface area (Å²) >= 11 is 0. The van der Waals surface area contributed by atoms with Gasteiger partial charge in [-0.3, -0.25) is 0 Å². The van der Waals surface area contributed by atoms with Gasteiger partial charge in [-0.25, -0.2) is 0 Å². The third-order valence-electron chi connectivity index (χ3n) is 1.21. The van der Waals surface area contributed by atoms with Crippen molar-refractivity contribution >= 4 is 0 Å². The molecule has 0 saturated carbocycles. The average Bonchev–Trinajstić information content (AvgIpc) is 2.00. The number of allylic oxidation sites excluding steroid dienone is 1. The Morgan fingerprint density at radius 2 is 2.27 bits per heavy atom. The van der Waals surface area contributed by atoms with E-state index in [9.17, 15) is 5.11 Å². The normalized spacial score (nSPS) is 13.4. The molecule has 2 heteroatoms. The van der Waals surface area contributed by atoms with E-state index in [-0.39, 0.29) is 0 Å². The van der Waals surface area contributed by atoms with Crippen LogP contribution in [0.2, 0.25) is 0 Å². The van der Waals surface area contributed by atoms with Gasteiger partial charge in [0.1, 0.15) is 11.9 Å². The van der Waals surface area contributed by atoms with Gasteiger partial charge in [-0.1, -0.05) is 25.7 Å². The van der Waals surface area contributed by atoms with Crippen LogP contribution < -0.4 is 0 Å². The summed E-state index contributed by atoms with van der Waals surface area (Å²) in [5.41, 5.74) is 0. The molecule has 0 aromatic carbocycles. The number of rotatable bonds is 5. The van der Waals surface area contributed by atoms with Crippen molar-refractivity contribution in [2.75, 3.05) is 6.61 Å². The smallest absolute Gasteiger partial charge is 0.129 e. The predicted molar refractivity (Wildman–Crippen MR) is 46.2 cm³/mol. The Kier molecular flexibility index (Phi) is 5.57. The van der Waals surface area contributed by atoms with Crippen LogP contribution in [0.5, 0.6) is 0 Å². The molecular formula is C9H16O2. The van der Waals surface area contributed by atoms with E-state index in [0.29, 0.717) is 12.4 Å². The first-order chi connectivity index (χ1) is 5.22. The summed E-state index contributed by atoms with van der Waals surface area (Å²) in [5.74, 6) is 0.414. The maximum atomic E-state index is 9.27. The third-order valence-corrected chi connectivity index (χ3v) is 1.21. The van der Waals surface area contributed by atoms with E-state index in [1.807, 2.05) is 19.9 Å². The lowest BCUT2D eigenvalue weighted by atomic mass is 10.2. The number of ether oxygens (including phenoxy) is 1. The van der Waals surface area contributed by atoms with Gasteiger partial charge < -0.3 is 9.84 Å². The first-order valence-electron chi connectivity index (χ1n) is 3.88. The second-order valence-electron chi connectivity index (χ2n) is 2.18. The molecule has 1 N–H and O–H groups in total. The van der Waals surface area contributed by atoms with Gasteiger partial charge in [-0.05, 0) is 13.3 Å². The van der Waals surface area contributed by atoms with Gasteiger partial charge in [-0.2, -0.15) is 0 Å². The molecule has 1 atom stereocenters. The van der Waals surface area contributed by atoms with Crippen molar-refractivity contribution in [3.8, 4) is 0 Å². The topological polar surface area (TPSA) is 29.5 Å². The van der Waals surface area contributed by atoms with Crippen molar-refractivity contribution in [2.24, 2.45) is 0 Å². The molecule has 0 bridgehead atoms. The number of aliphatic hydroxyl groups excluding tert-OH is 1. The minimum Gasteiger partial charge on any atom is -0.496 e. The van der Waals surface area contributed by atoms with Crippen LogP contribution in [0.15, 0.2) is 24.5 Å². The van der Waals surface area contributed by atoms with Crippen LogP contribution in [0.4, 0.5) is 0 Å². The second kappa shape index (κ2) is 5.98. The summed E-state index contributed by atoms with van der Waals surface area (Å²) in [6.45, 7) is 7.99. The molecule has 0 saturated heterocycles. The van der Waals surface area contributed by atoms with Crippen LogP contribution in [0, 0.1) is 0 Å². The molecule has 0 aliphatic heterocycles. The lowest BCUT2D eigenvalue weighted by molar-refractivity contribution is 0.136. The highest BCUT2D eigenvalue weighted by Gasteiger charge is 2.03. The Labute approximate surface area is 68.2 Å². The number of aliphatic hydroxyl groups is 1. The maximum absolute atomic E-state index is 9.27. The molecule has 2 nitrogen and oxygen atoms in total. The molecular weight excluding hydrogens is 140 g/mol. The van der Waals surface area contributed by atoms with Crippen molar-refractivity contribution in [2.45, 2.75) is 26.4 Å². The highest BCUT2D eigenvalue weighted by Crippen LogP contribution is 2.02. The number of hydrogen-bond donors (Lipinski definition) is 1. The van der Waals surface area contributed by atoms with Gasteiger partial charge in [0, 0.05) is 0 Å². The van der Waals surface area contributed by atoms with Gasteiger partial charge in [0.15, 0.2) is 0 Å². The fraction of sp³-hybridized carbons (Fsp3) is 0.556. The zero-order chi connectivity index (χ0) is 8.69. The minimum atomic E-state index is -0.658. The average molecular weight is 156 g/mol. The van der Waals surface area contributed by atoms with E-state index in [0.717, 1.165) is 6.42 Å². The van der Waals surface area contributed by atoms with Crippen molar-refractivity contribution in [3.63, 3.8) is 0 Å². The molecule has 0 fully saturated rings. The predicted octanol–water partition coefficient (Wildman–Crippen LogP) is 1.86. The van der Waals surface area contributed by atoms with Crippen molar-refractivity contribution in [1.29, 1.82) is 0 Å². The Morgan fingerprint density at radius 1 is 1.64 bits per heavy atom. The van der Waals surface area contributed by atoms with Crippen LogP contribution in [0.3, 0.4) is 0 Å². The first kappa shape index (κ1) is 10.2. The van der Waals surface area contributed by atoms with E-state index in [4.69, 9.17) is 4.74 Å². The highest BCUT2D eigenvalue weighted by atomic mass is 16.5. The van der Waals surface area contributed by atoms with Gasteiger partial charge >= 0.3 is 0 Å². The Morgan fingerprint density at radius 3 is 2.73 bits per heavy atom. The maximum Gasteiger partial charge on any atom is 0.129 e. The largest absolute Gasteiger partial charge is 0.496 e. The lowest BCUT2D eigenvalue weighted by Gasteiger charge is -2.09. The first-order valence-corrected chi connectivity index (χ1v) is 3.88. The molecule has 0 aromatic rings. The Bertz CT molecular complexity index is 138. The van der Waals surface area contributed by atoms with E-state index in [1.54, 1.807) is 6.08 Å². The summed E-state index contributed by atoms with van der Waals surface area (Å²) in [5, 5.41) is 9.27. The number of hydrogen-bond acceptors (Lipinski definition) is 2. The van der Waals surface area contributed by atoms with Gasteiger partial charge in [-0.15, -0.1) is 0 Å². The van der Waals surface area contributed by atoms with E-state index >= 15 is 0 Å². The molecule has 0 aromatic heterocycles. The molecule has 1 unspecified atom stereocenters. The monoisotopic (exact) mass is 156 g/mol. The molecule has 0 rings (SSSR count). The SMILES string of the molecule is C=C(OCC)C(O)/C=C/CC. The lowest BCUT2D eigenvalue weighted by Crippen LogP contribution is -2.08. The van der Waals surface area contributed by atoms with Gasteiger partial charge in [0.05, 0.1) is 6.61 Å². The molecule has 0 heterocycles. The molecule has 0 aliphatic carbocycles. The molecule has 64 valence electrons.